The van der Waals surface area contributed by atoms with E-state index in [1.54, 1.807) is 0 Å². The maximum atomic E-state index is 3.47. The third-order valence-corrected chi connectivity index (χ3v) is 3.86. The van der Waals surface area contributed by atoms with Gasteiger partial charge in [-0.1, -0.05) is 30.3 Å². The lowest BCUT2D eigenvalue weighted by Gasteiger charge is -2.04. The molecule has 4 rings (SSSR count). The topological polar surface area (TPSA) is 31.6 Å². The number of hydrogen-bond donors (Lipinski definition) is 2. The Hall–Kier alpha value is -2.48. The molecule has 97 valence electrons. The van der Waals surface area contributed by atoms with Gasteiger partial charge in [0, 0.05) is 44.8 Å². The predicted octanol–water partition coefficient (Wildman–Crippen LogP) is 4.73. The molecule has 2 nitrogen and oxygen atoms in total. The lowest BCUT2D eigenvalue weighted by molar-refractivity contribution is 1.30. The third-order valence-electron chi connectivity index (χ3n) is 3.86. The second kappa shape index (κ2) is 4.01. The highest BCUT2D eigenvalue weighted by Crippen LogP contribution is 2.36. The first-order chi connectivity index (χ1) is 9.74. The van der Waals surface area contributed by atoms with Gasteiger partial charge in [0.15, 0.2) is 0 Å². The molecule has 0 bridgehead atoms. The van der Waals surface area contributed by atoms with Gasteiger partial charge in [0.2, 0.25) is 0 Å². The van der Waals surface area contributed by atoms with E-state index >= 15 is 0 Å². The fourth-order valence-electron chi connectivity index (χ4n) is 3.04. The van der Waals surface area contributed by atoms with Gasteiger partial charge in [-0.05, 0) is 31.5 Å². The molecule has 2 aromatic carbocycles. The van der Waals surface area contributed by atoms with E-state index in [2.05, 4.69) is 65.4 Å². The first-order valence-corrected chi connectivity index (χ1v) is 6.82. The van der Waals surface area contributed by atoms with Crippen LogP contribution in [0, 0.1) is 19.9 Å². The number of benzene rings is 2. The minimum absolute atomic E-state index is 1.07. The van der Waals surface area contributed by atoms with Crippen molar-refractivity contribution in [2.45, 2.75) is 13.8 Å². The summed E-state index contributed by atoms with van der Waals surface area (Å²) in [4.78, 5) is 6.84. The summed E-state index contributed by atoms with van der Waals surface area (Å²) >= 11 is 0. The largest absolute Gasteiger partial charge is 0.358 e. The average molecular weight is 259 g/mol. The van der Waals surface area contributed by atoms with Crippen molar-refractivity contribution in [1.82, 2.24) is 9.97 Å². The Bertz CT molecular complexity index is 925. The molecule has 0 spiro atoms. The van der Waals surface area contributed by atoms with Crippen molar-refractivity contribution in [3.05, 3.63) is 59.9 Å². The molecule has 1 radical (unpaired) electrons. The molecule has 0 aliphatic rings. The highest BCUT2D eigenvalue weighted by molar-refractivity contribution is 6.05. The summed E-state index contributed by atoms with van der Waals surface area (Å²) < 4.78 is 0. The molecule has 0 saturated carbocycles. The van der Waals surface area contributed by atoms with E-state index in [-0.39, 0.29) is 0 Å². The van der Waals surface area contributed by atoms with Gasteiger partial charge >= 0.3 is 0 Å². The van der Waals surface area contributed by atoms with Crippen LogP contribution < -0.4 is 0 Å². The van der Waals surface area contributed by atoms with Crippen molar-refractivity contribution < 1.29 is 0 Å². The second-order valence-corrected chi connectivity index (χ2v) is 5.27. The number of aromatic amines is 2. The molecular weight excluding hydrogens is 244 g/mol. The summed E-state index contributed by atoms with van der Waals surface area (Å²) in [6.07, 6.45) is 0. The van der Waals surface area contributed by atoms with Crippen molar-refractivity contribution in [3.8, 4) is 11.1 Å². The monoisotopic (exact) mass is 259 g/mol. The van der Waals surface area contributed by atoms with E-state index in [0.29, 0.717) is 0 Å². The Morgan fingerprint density at radius 3 is 2.55 bits per heavy atom. The molecule has 0 atom stereocenters. The molecule has 2 heteroatoms. The SMILES string of the molecule is Cc1[c]c2c(-c3c(C)[nH]c4ccccc34)cccc2[nH]1. The molecule has 2 aromatic heterocycles. The van der Waals surface area contributed by atoms with Crippen molar-refractivity contribution in [3.63, 3.8) is 0 Å². The quantitative estimate of drug-likeness (QED) is 0.495. The standard InChI is InChI=1S/C18H15N2/c1-11-10-15-13(7-5-9-17(15)19-11)18-12(2)20-16-8-4-3-6-14(16)18/h3-9,19-20H,1-2H3. The molecule has 2 N–H and O–H groups in total. The maximum Gasteiger partial charge on any atom is 0.0468 e. The normalized spacial score (nSPS) is 11.5. The fourth-order valence-corrected chi connectivity index (χ4v) is 3.04. The summed E-state index contributed by atoms with van der Waals surface area (Å²) in [5.74, 6) is 0. The van der Waals surface area contributed by atoms with Crippen LogP contribution in [0.5, 0.6) is 0 Å². The molecule has 2 heterocycles. The van der Waals surface area contributed by atoms with E-state index in [1.807, 2.05) is 6.92 Å². The lowest BCUT2D eigenvalue weighted by atomic mass is 9.99. The first kappa shape index (κ1) is 11.4. The number of hydrogen-bond acceptors (Lipinski definition) is 0. The van der Waals surface area contributed by atoms with Crippen molar-refractivity contribution in [2.24, 2.45) is 0 Å². The third kappa shape index (κ3) is 1.51. The molecule has 0 aliphatic heterocycles. The number of para-hydroxylation sites is 1. The fraction of sp³-hybridized carbons (Fsp3) is 0.111. The zero-order chi connectivity index (χ0) is 13.7. The minimum atomic E-state index is 1.07. The van der Waals surface area contributed by atoms with Crippen LogP contribution in [0.4, 0.5) is 0 Å². The summed E-state index contributed by atoms with van der Waals surface area (Å²) in [5.41, 5.74) is 7.12. The number of H-pyrrole nitrogens is 2. The van der Waals surface area contributed by atoms with Gasteiger partial charge in [-0.15, -0.1) is 0 Å². The van der Waals surface area contributed by atoms with E-state index in [4.69, 9.17) is 0 Å². The highest BCUT2D eigenvalue weighted by atomic mass is 14.7. The van der Waals surface area contributed by atoms with Gasteiger partial charge in [-0.25, -0.2) is 0 Å². The van der Waals surface area contributed by atoms with Crippen LogP contribution in [0.1, 0.15) is 11.4 Å². The molecule has 4 aromatic rings. The summed E-state index contributed by atoms with van der Waals surface area (Å²) in [6, 6.07) is 18.3. The van der Waals surface area contributed by atoms with Crippen LogP contribution in [0.15, 0.2) is 42.5 Å². The lowest BCUT2D eigenvalue weighted by Crippen LogP contribution is -1.81. The van der Waals surface area contributed by atoms with Crippen LogP contribution in [-0.2, 0) is 0 Å². The number of nitrogens with one attached hydrogen (secondary N) is 2. The van der Waals surface area contributed by atoms with Crippen LogP contribution in [-0.4, -0.2) is 9.97 Å². The number of aryl methyl sites for hydroxylation is 2. The smallest absolute Gasteiger partial charge is 0.0468 e. The van der Waals surface area contributed by atoms with E-state index in [9.17, 15) is 0 Å². The molecular formula is C18H15N2. The number of fused-ring (bicyclic) bond motifs is 2. The van der Waals surface area contributed by atoms with E-state index in [0.717, 1.165) is 16.6 Å². The Labute approximate surface area is 117 Å². The minimum Gasteiger partial charge on any atom is -0.358 e. The van der Waals surface area contributed by atoms with Crippen molar-refractivity contribution in [1.29, 1.82) is 0 Å². The van der Waals surface area contributed by atoms with Gasteiger partial charge in [0.25, 0.3) is 0 Å². The van der Waals surface area contributed by atoms with Crippen molar-refractivity contribution in [2.75, 3.05) is 0 Å². The molecule has 0 unspecified atom stereocenters. The van der Waals surface area contributed by atoms with Gasteiger partial charge in [-0.2, -0.15) is 0 Å². The molecule has 20 heavy (non-hydrogen) atoms. The molecule has 0 aliphatic carbocycles. The van der Waals surface area contributed by atoms with E-state index < -0.39 is 0 Å². The molecule has 0 saturated heterocycles. The maximum absolute atomic E-state index is 3.47. The van der Waals surface area contributed by atoms with Crippen molar-refractivity contribution >= 4 is 21.8 Å². The highest BCUT2D eigenvalue weighted by Gasteiger charge is 2.13. The van der Waals surface area contributed by atoms with E-state index in [1.165, 1.54) is 27.7 Å². The van der Waals surface area contributed by atoms with Crippen LogP contribution in [0.25, 0.3) is 32.9 Å². The Kier molecular flexibility index (Phi) is 2.27. The Morgan fingerprint density at radius 1 is 0.850 bits per heavy atom. The number of rotatable bonds is 1. The van der Waals surface area contributed by atoms with Gasteiger partial charge in [0.05, 0.1) is 0 Å². The first-order valence-electron chi connectivity index (χ1n) is 6.82. The molecule has 0 fully saturated rings. The number of aromatic nitrogens is 2. The summed E-state index contributed by atoms with van der Waals surface area (Å²) in [6.45, 7) is 4.18. The summed E-state index contributed by atoms with van der Waals surface area (Å²) in [5, 5.41) is 2.43. The van der Waals surface area contributed by atoms with Gasteiger partial charge in [0.1, 0.15) is 0 Å². The molecule has 0 amide bonds. The zero-order valence-electron chi connectivity index (χ0n) is 11.5. The average Bonchev–Trinajstić information content (AvgIpc) is 2.96. The predicted molar refractivity (Wildman–Crippen MR) is 83.9 cm³/mol. The zero-order valence-corrected chi connectivity index (χ0v) is 11.5. The van der Waals surface area contributed by atoms with Crippen LogP contribution in [0.3, 0.4) is 0 Å². The van der Waals surface area contributed by atoms with Gasteiger partial charge < -0.3 is 9.97 Å². The Morgan fingerprint density at radius 2 is 1.65 bits per heavy atom. The Balaban J connectivity index is 2.13. The second-order valence-electron chi connectivity index (χ2n) is 5.27. The summed E-state index contributed by atoms with van der Waals surface area (Å²) in [7, 11) is 0. The van der Waals surface area contributed by atoms with Gasteiger partial charge in [-0.3, -0.25) is 0 Å². The van der Waals surface area contributed by atoms with Crippen LogP contribution in [0.2, 0.25) is 0 Å². The van der Waals surface area contributed by atoms with Crippen LogP contribution >= 0.6 is 0 Å².